The molecule has 1 aromatic heterocycles. The van der Waals surface area contributed by atoms with Crippen LogP contribution >= 0.6 is 27.7 Å². The molecule has 2 heterocycles. The molecule has 0 aliphatic carbocycles. The highest BCUT2D eigenvalue weighted by Gasteiger charge is 2.29. The highest BCUT2D eigenvalue weighted by molar-refractivity contribution is 9.10. The molecule has 0 saturated carbocycles. The van der Waals surface area contributed by atoms with Crippen LogP contribution in [-0.4, -0.2) is 21.4 Å². The molecule has 3 rings (SSSR count). The van der Waals surface area contributed by atoms with Crippen molar-refractivity contribution in [1.82, 2.24) is 9.78 Å². The number of thioether (sulfide) groups is 1. The van der Waals surface area contributed by atoms with Gasteiger partial charge in [-0.05, 0) is 24.6 Å². The SMILES string of the molecule is Cc1nn(C)c2c1[C@H](c1cccc(Br)c1)SCC(=O)N2. The lowest BCUT2D eigenvalue weighted by Crippen LogP contribution is -2.15. The van der Waals surface area contributed by atoms with Gasteiger partial charge in [-0.3, -0.25) is 9.48 Å². The van der Waals surface area contributed by atoms with Crippen molar-refractivity contribution < 1.29 is 4.79 Å². The number of nitrogens with one attached hydrogen (secondary N) is 1. The largest absolute Gasteiger partial charge is 0.310 e. The first-order chi connectivity index (χ1) is 9.56. The van der Waals surface area contributed by atoms with E-state index in [0.717, 1.165) is 21.5 Å². The number of carbonyl (C=O) groups excluding carboxylic acids is 1. The number of halogens is 1. The quantitative estimate of drug-likeness (QED) is 0.857. The van der Waals surface area contributed by atoms with Crippen LogP contribution in [0.15, 0.2) is 28.7 Å². The molecule has 0 unspecified atom stereocenters. The highest BCUT2D eigenvalue weighted by Crippen LogP contribution is 2.43. The maximum atomic E-state index is 11.9. The molecular weight excluding hydrogens is 338 g/mol. The molecule has 1 amide bonds. The molecule has 1 aromatic carbocycles. The number of anilines is 1. The Balaban J connectivity index is 2.15. The van der Waals surface area contributed by atoms with E-state index >= 15 is 0 Å². The molecule has 2 aromatic rings. The van der Waals surface area contributed by atoms with Crippen molar-refractivity contribution in [1.29, 1.82) is 0 Å². The third-order valence-electron chi connectivity index (χ3n) is 3.32. The summed E-state index contributed by atoms with van der Waals surface area (Å²) in [5.74, 6) is 1.28. The Hall–Kier alpha value is -1.27. The lowest BCUT2D eigenvalue weighted by atomic mass is 10.0. The first-order valence-corrected chi connectivity index (χ1v) is 8.11. The van der Waals surface area contributed by atoms with Gasteiger partial charge in [-0.1, -0.05) is 28.1 Å². The number of carbonyl (C=O) groups is 1. The minimum atomic E-state index is 0.0248. The van der Waals surface area contributed by atoms with Crippen molar-refractivity contribution in [2.45, 2.75) is 12.2 Å². The number of benzene rings is 1. The molecule has 4 nitrogen and oxygen atoms in total. The Morgan fingerprint density at radius 1 is 1.50 bits per heavy atom. The molecule has 0 bridgehead atoms. The number of hydrogen-bond donors (Lipinski definition) is 1. The fraction of sp³-hybridized carbons (Fsp3) is 0.286. The maximum Gasteiger partial charge on any atom is 0.235 e. The van der Waals surface area contributed by atoms with Gasteiger partial charge in [0.15, 0.2) is 0 Å². The Kier molecular flexibility index (Phi) is 3.60. The van der Waals surface area contributed by atoms with Gasteiger partial charge in [-0.2, -0.15) is 5.10 Å². The zero-order valence-electron chi connectivity index (χ0n) is 11.2. The van der Waals surface area contributed by atoms with E-state index in [1.165, 1.54) is 5.56 Å². The molecule has 20 heavy (non-hydrogen) atoms. The average Bonchev–Trinajstić information content (AvgIpc) is 2.59. The van der Waals surface area contributed by atoms with E-state index in [9.17, 15) is 4.79 Å². The number of fused-ring (bicyclic) bond motifs is 1. The van der Waals surface area contributed by atoms with Crippen LogP contribution in [0.3, 0.4) is 0 Å². The fourth-order valence-corrected chi connectivity index (χ4v) is 4.07. The summed E-state index contributed by atoms with van der Waals surface area (Å²) in [5.41, 5.74) is 3.24. The van der Waals surface area contributed by atoms with Gasteiger partial charge in [0, 0.05) is 17.1 Å². The van der Waals surface area contributed by atoms with E-state index in [1.807, 2.05) is 26.1 Å². The lowest BCUT2D eigenvalue weighted by Gasteiger charge is -2.15. The van der Waals surface area contributed by atoms with Crippen LogP contribution in [0.4, 0.5) is 5.82 Å². The normalized spacial score (nSPS) is 18.4. The second-order valence-electron chi connectivity index (χ2n) is 4.77. The molecular formula is C14H14BrN3OS. The zero-order valence-corrected chi connectivity index (χ0v) is 13.6. The van der Waals surface area contributed by atoms with Crippen LogP contribution in [0.25, 0.3) is 0 Å². The molecule has 0 radical (unpaired) electrons. The Morgan fingerprint density at radius 3 is 3.05 bits per heavy atom. The summed E-state index contributed by atoms with van der Waals surface area (Å²) in [4.78, 5) is 11.9. The van der Waals surface area contributed by atoms with Crippen molar-refractivity contribution in [3.8, 4) is 0 Å². The van der Waals surface area contributed by atoms with Crippen molar-refractivity contribution in [3.63, 3.8) is 0 Å². The Labute approximate surface area is 130 Å². The van der Waals surface area contributed by atoms with Gasteiger partial charge >= 0.3 is 0 Å². The summed E-state index contributed by atoms with van der Waals surface area (Å²) in [6, 6.07) is 8.22. The van der Waals surface area contributed by atoms with Gasteiger partial charge < -0.3 is 5.32 Å². The monoisotopic (exact) mass is 351 g/mol. The van der Waals surface area contributed by atoms with Crippen LogP contribution in [0.5, 0.6) is 0 Å². The minimum absolute atomic E-state index is 0.0248. The second-order valence-corrected chi connectivity index (χ2v) is 6.77. The number of hydrogen-bond acceptors (Lipinski definition) is 3. The molecule has 1 aliphatic heterocycles. The standard InChI is InChI=1S/C14H14BrN3OS/c1-8-12-13(9-4-3-5-10(15)6-9)20-7-11(19)16-14(12)18(2)17-8/h3-6,13H,7H2,1-2H3,(H,16,19)/t13-/m0/s1. The Bertz CT molecular complexity index is 683. The molecule has 0 spiro atoms. The predicted molar refractivity (Wildman–Crippen MR) is 85.0 cm³/mol. The van der Waals surface area contributed by atoms with Crippen molar-refractivity contribution in [2.75, 3.05) is 11.1 Å². The van der Waals surface area contributed by atoms with Crippen LogP contribution in [0, 0.1) is 6.92 Å². The fourth-order valence-electron chi connectivity index (χ4n) is 2.48. The molecule has 104 valence electrons. The van der Waals surface area contributed by atoms with Gasteiger partial charge in [0.25, 0.3) is 0 Å². The zero-order chi connectivity index (χ0) is 14.3. The van der Waals surface area contributed by atoms with Crippen molar-refractivity contribution >= 4 is 39.4 Å². The summed E-state index contributed by atoms with van der Waals surface area (Å²) < 4.78 is 2.79. The summed E-state index contributed by atoms with van der Waals surface area (Å²) in [6.07, 6.45) is 0. The van der Waals surface area contributed by atoms with E-state index < -0.39 is 0 Å². The van der Waals surface area contributed by atoms with Crippen molar-refractivity contribution in [2.24, 2.45) is 7.05 Å². The lowest BCUT2D eigenvalue weighted by molar-refractivity contribution is -0.113. The van der Waals surface area contributed by atoms with E-state index in [1.54, 1.807) is 16.4 Å². The average molecular weight is 352 g/mol. The molecule has 6 heteroatoms. The number of aryl methyl sites for hydroxylation is 2. The van der Waals surface area contributed by atoms with Gasteiger partial charge in [-0.25, -0.2) is 0 Å². The smallest absolute Gasteiger partial charge is 0.235 e. The van der Waals surface area contributed by atoms with Gasteiger partial charge in [-0.15, -0.1) is 11.8 Å². The van der Waals surface area contributed by atoms with Crippen LogP contribution < -0.4 is 5.32 Å². The van der Waals surface area contributed by atoms with Gasteiger partial charge in [0.05, 0.1) is 16.7 Å². The Morgan fingerprint density at radius 2 is 2.30 bits per heavy atom. The summed E-state index contributed by atoms with van der Waals surface area (Å²) >= 11 is 5.15. The molecule has 0 fully saturated rings. The minimum Gasteiger partial charge on any atom is -0.310 e. The maximum absolute atomic E-state index is 11.9. The van der Waals surface area contributed by atoms with Crippen LogP contribution in [-0.2, 0) is 11.8 Å². The topological polar surface area (TPSA) is 46.9 Å². The second kappa shape index (κ2) is 5.26. The van der Waals surface area contributed by atoms with Gasteiger partial charge in [0.1, 0.15) is 5.82 Å². The molecule has 1 aliphatic rings. The highest BCUT2D eigenvalue weighted by atomic mass is 79.9. The third-order valence-corrected chi connectivity index (χ3v) is 5.08. The summed E-state index contributed by atoms with van der Waals surface area (Å²) in [7, 11) is 1.86. The third kappa shape index (κ3) is 2.38. The van der Waals surface area contributed by atoms with Crippen molar-refractivity contribution in [3.05, 3.63) is 45.6 Å². The van der Waals surface area contributed by atoms with E-state index in [2.05, 4.69) is 38.5 Å². The summed E-state index contributed by atoms with van der Waals surface area (Å²) in [5, 5.41) is 7.52. The number of amides is 1. The first kappa shape index (κ1) is 13.7. The summed E-state index contributed by atoms with van der Waals surface area (Å²) in [6.45, 7) is 1.99. The van der Waals surface area contributed by atoms with E-state index in [4.69, 9.17) is 0 Å². The molecule has 1 atom stereocenters. The van der Waals surface area contributed by atoms with E-state index in [-0.39, 0.29) is 11.2 Å². The van der Waals surface area contributed by atoms with E-state index in [0.29, 0.717) is 5.75 Å². The number of aromatic nitrogens is 2. The van der Waals surface area contributed by atoms with Crippen LogP contribution in [0.2, 0.25) is 0 Å². The molecule has 1 N–H and O–H groups in total. The predicted octanol–water partition coefficient (Wildman–Crippen LogP) is 3.27. The molecule has 0 saturated heterocycles. The first-order valence-electron chi connectivity index (χ1n) is 6.26. The van der Waals surface area contributed by atoms with Gasteiger partial charge in [0.2, 0.25) is 5.91 Å². The number of rotatable bonds is 1. The number of nitrogens with zero attached hydrogens (tertiary/aromatic N) is 2. The van der Waals surface area contributed by atoms with Crippen LogP contribution in [0.1, 0.15) is 22.1 Å².